The van der Waals surface area contributed by atoms with Crippen molar-refractivity contribution in [3.05, 3.63) is 29.8 Å². The van der Waals surface area contributed by atoms with Crippen molar-refractivity contribution in [3.8, 4) is 5.75 Å². The molecule has 1 atom stereocenters. The third kappa shape index (κ3) is 5.23. The molecule has 4 heteroatoms. The maximum Gasteiger partial charge on any atom is 0.309 e. The summed E-state index contributed by atoms with van der Waals surface area (Å²) in [5.41, 5.74) is 1.29. The van der Waals surface area contributed by atoms with E-state index in [1.54, 1.807) is 0 Å². The van der Waals surface area contributed by atoms with Crippen LogP contribution in [0.4, 0.5) is 0 Å². The topological polar surface area (TPSA) is 38.8 Å². The van der Waals surface area contributed by atoms with Gasteiger partial charge in [0.2, 0.25) is 0 Å². The number of para-hydroxylation sites is 1. The number of carbonyl (C=O) groups excluding carboxylic acids is 1. The second-order valence-electron chi connectivity index (χ2n) is 6.56. The summed E-state index contributed by atoms with van der Waals surface area (Å²) in [6.45, 7) is 10.3. The standard InChI is InChI=1S/C20H31NO3/c1-4-16(3)18-8-6-7-9-19(18)24-15-14-21-12-10-17(11-13-21)20(22)23-5-2/h6-9,16-17H,4-5,10-15H2,1-3H3/t16-/m0/s1. The Morgan fingerprint density at radius 1 is 1.25 bits per heavy atom. The molecule has 0 unspecified atom stereocenters. The molecule has 1 aliphatic rings. The van der Waals surface area contributed by atoms with Crippen LogP contribution in [-0.2, 0) is 9.53 Å². The SMILES string of the molecule is CCOC(=O)C1CCN(CCOc2ccccc2[C@@H](C)CC)CC1. The Bertz CT molecular complexity index is 509. The summed E-state index contributed by atoms with van der Waals surface area (Å²) in [6.07, 6.45) is 2.90. The number of likely N-dealkylation sites (tertiary alicyclic amines) is 1. The molecule has 0 aromatic heterocycles. The Morgan fingerprint density at radius 3 is 2.62 bits per heavy atom. The van der Waals surface area contributed by atoms with E-state index in [1.807, 2.05) is 13.0 Å². The Hall–Kier alpha value is -1.55. The fourth-order valence-electron chi connectivity index (χ4n) is 3.18. The van der Waals surface area contributed by atoms with Crippen molar-refractivity contribution in [2.24, 2.45) is 5.92 Å². The first-order chi connectivity index (χ1) is 11.7. The van der Waals surface area contributed by atoms with Crippen molar-refractivity contribution in [1.29, 1.82) is 0 Å². The lowest BCUT2D eigenvalue weighted by molar-refractivity contribution is -0.149. The highest BCUT2D eigenvalue weighted by molar-refractivity contribution is 5.72. The summed E-state index contributed by atoms with van der Waals surface area (Å²) >= 11 is 0. The molecular formula is C20H31NO3. The molecule has 0 aliphatic carbocycles. The van der Waals surface area contributed by atoms with E-state index in [4.69, 9.17) is 9.47 Å². The van der Waals surface area contributed by atoms with Crippen molar-refractivity contribution in [2.75, 3.05) is 32.8 Å². The van der Waals surface area contributed by atoms with Crippen molar-refractivity contribution < 1.29 is 14.3 Å². The summed E-state index contributed by atoms with van der Waals surface area (Å²) in [4.78, 5) is 14.1. The van der Waals surface area contributed by atoms with E-state index in [9.17, 15) is 4.79 Å². The van der Waals surface area contributed by atoms with Crippen LogP contribution in [0.25, 0.3) is 0 Å². The molecular weight excluding hydrogens is 302 g/mol. The van der Waals surface area contributed by atoms with Gasteiger partial charge in [0.1, 0.15) is 12.4 Å². The quantitative estimate of drug-likeness (QED) is 0.677. The molecule has 1 aromatic carbocycles. The van der Waals surface area contributed by atoms with E-state index < -0.39 is 0 Å². The van der Waals surface area contributed by atoms with E-state index in [-0.39, 0.29) is 11.9 Å². The number of hydrogen-bond acceptors (Lipinski definition) is 4. The normalized spacial score (nSPS) is 17.5. The summed E-state index contributed by atoms with van der Waals surface area (Å²) in [6, 6.07) is 8.34. The second kappa shape index (κ2) is 9.67. The highest BCUT2D eigenvalue weighted by Gasteiger charge is 2.25. The van der Waals surface area contributed by atoms with Gasteiger partial charge in [-0.3, -0.25) is 9.69 Å². The zero-order valence-corrected chi connectivity index (χ0v) is 15.3. The monoisotopic (exact) mass is 333 g/mol. The lowest BCUT2D eigenvalue weighted by atomic mass is 9.97. The molecule has 0 radical (unpaired) electrons. The minimum absolute atomic E-state index is 0.0316. The van der Waals surface area contributed by atoms with Crippen molar-refractivity contribution in [2.45, 2.75) is 46.0 Å². The van der Waals surface area contributed by atoms with Gasteiger partial charge in [-0.2, -0.15) is 0 Å². The zero-order valence-electron chi connectivity index (χ0n) is 15.3. The van der Waals surface area contributed by atoms with Crippen LogP contribution < -0.4 is 4.74 Å². The summed E-state index contributed by atoms with van der Waals surface area (Å²) in [7, 11) is 0. The van der Waals surface area contributed by atoms with E-state index in [2.05, 4.69) is 36.9 Å². The number of piperidine rings is 1. The Balaban J connectivity index is 1.75. The predicted molar refractivity (Wildman–Crippen MR) is 96.4 cm³/mol. The molecule has 0 bridgehead atoms. The smallest absolute Gasteiger partial charge is 0.309 e. The van der Waals surface area contributed by atoms with Gasteiger partial charge in [-0.15, -0.1) is 0 Å². The first-order valence-electron chi connectivity index (χ1n) is 9.26. The predicted octanol–water partition coefficient (Wildman–Crippen LogP) is 3.85. The lowest BCUT2D eigenvalue weighted by Gasteiger charge is -2.30. The van der Waals surface area contributed by atoms with E-state index in [1.165, 1.54) is 5.56 Å². The molecule has 1 aliphatic heterocycles. The van der Waals surface area contributed by atoms with Crippen LogP contribution in [0.1, 0.15) is 51.5 Å². The average molecular weight is 333 g/mol. The van der Waals surface area contributed by atoms with Crippen LogP contribution >= 0.6 is 0 Å². The first-order valence-corrected chi connectivity index (χ1v) is 9.26. The largest absolute Gasteiger partial charge is 0.492 e. The fraction of sp³-hybridized carbons (Fsp3) is 0.650. The van der Waals surface area contributed by atoms with Crippen LogP contribution in [0, 0.1) is 5.92 Å². The van der Waals surface area contributed by atoms with Crippen LogP contribution in [0.2, 0.25) is 0 Å². The molecule has 0 amide bonds. The van der Waals surface area contributed by atoms with Gasteiger partial charge in [0.25, 0.3) is 0 Å². The maximum absolute atomic E-state index is 11.8. The minimum Gasteiger partial charge on any atom is -0.492 e. The summed E-state index contributed by atoms with van der Waals surface area (Å²) < 4.78 is 11.2. The van der Waals surface area contributed by atoms with E-state index in [0.29, 0.717) is 19.1 Å². The van der Waals surface area contributed by atoms with Crippen LogP contribution in [0.15, 0.2) is 24.3 Å². The summed E-state index contributed by atoms with van der Waals surface area (Å²) in [5.74, 6) is 1.57. The van der Waals surface area contributed by atoms with E-state index >= 15 is 0 Å². The lowest BCUT2D eigenvalue weighted by Crippen LogP contribution is -2.39. The molecule has 4 nitrogen and oxygen atoms in total. The average Bonchev–Trinajstić information content (AvgIpc) is 2.62. The number of rotatable bonds is 8. The van der Waals surface area contributed by atoms with Crippen molar-refractivity contribution in [3.63, 3.8) is 0 Å². The molecule has 0 N–H and O–H groups in total. The van der Waals surface area contributed by atoms with Crippen LogP contribution in [0.5, 0.6) is 5.75 Å². The van der Waals surface area contributed by atoms with Gasteiger partial charge < -0.3 is 9.47 Å². The maximum atomic E-state index is 11.8. The van der Waals surface area contributed by atoms with Gasteiger partial charge in [-0.1, -0.05) is 32.0 Å². The number of hydrogen-bond donors (Lipinski definition) is 0. The molecule has 1 saturated heterocycles. The molecule has 2 rings (SSSR count). The summed E-state index contributed by atoms with van der Waals surface area (Å²) in [5, 5.41) is 0. The van der Waals surface area contributed by atoms with Crippen LogP contribution in [0.3, 0.4) is 0 Å². The zero-order chi connectivity index (χ0) is 17.4. The third-order valence-electron chi connectivity index (χ3n) is 4.93. The molecule has 1 heterocycles. The Kier molecular flexibility index (Phi) is 7.57. The van der Waals surface area contributed by atoms with Gasteiger partial charge >= 0.3 is 5.97 Å². The van der Waals surface area contributed by atoms with Gasteiger partial charge in [0, 0.05) is 6.54 Å². The van der Waals surface area contributed by atoms with Crippen LogP contribution in [-0.4, -0.2) is 43.7 Å². The Labute approximate surface area is 146 Å². The molecule has 24 heavy (non-hydrogen) atoms. The number of nitrogens with zero attached hydrogens (tertiary/aromatic N) is 1. The van der Waals surface area contributed by atoms with Gasteiger partial charge in [-0.05, 0) is 56.8 Å². The first kappa shape index (κ1) is 18.8. The van der Waals surface area contributed by atoms with E-state index in [0.717, 1.165) is 44.6 Å². The Morgan fingerprint density at radius 2 is 1.96 bits per heavy atom. The molecule has 0 saturated carbocycles. The molecule has 1 fully saturated rings. The highest BCUT2D eigenvalue weighted by atomic mass is 16.5. The number of esters is 1. The molecule has 0 spiro atoms. The van der Waals surface area contributed by atoms with Gasteiger partial charge in [0.05, 0.1) is 12.5 Å². The number of carbonyl (C=O) groups is 1. The number of ether oxygens (including phenoxy) is 2. The highest BCUT2D eigenvalue weighted by Crippen LogP contribution is 2.28. The van der Waals surface area contributed by atoms with Gasteiger partial charge in [-0.25, -0.2) is 0 Å². The van der Waals surface area contributed by atoms with Crippen molar-refractivity contribution >= 4 is 5.97 Å². The fourth-order valence-corrected chi connectivity index (χ4v) is 3.18. The second-order valence-corrected chi connectivity index (χ2v) is 6.56. The number of benzene rings is 1. The third-order valence-corrected chi connectivity index (χ3v) is 4.93. The molecule has 1 aromatic rings. The van der Waals surface area contributed by atoms with Crippen molar-refractivity contribution in [1.82, 2.24) is 4.90 Å². The molecule has 134 valence electrons. The van der Waals surface area contributed by atoms with Gasteiger partial charge in [0.15, 0.2) is 0 Å². The minimum atomic E-state index is -0.0316.